The van der Waals surface area contributed by atoms with Crippen LogP contribution < -0.4 is 0 Å². The Balaban J connectivity index is 2.90. The van der Waals surface area contributed by atoms with E-state index >= 15 is 0 Å². The Morgan fingerprint density at radius 3 is 2.76 bits per heavy atom. The van der Waals surface area contributed by atoms with E-state index in [0.717, 1.165) is 11.8 Å². The molecule has 1 N–H and O–H groups in total. The van der Waals surface area contributed by atoms with Crippen LogP contribution in [0.5, 0.6) is 5.75 Å². The van der Waals surface area contributed by atoms with Gasteiger partial charge in [-0.25, -0.2) is 4.39 Å². The van der Waals surface area contributed by atoms with Crippen molar-refractivity contribution >= 4 is 17.7 Å². The maximum absolute atomic E-state index is 13.6. The van der Waals surface area contributed by atoms with Crippen molar-refractivity contribution in [2.45, 2.75) is 30.4 Å². The SMILES string of the molecule is CCOC(=O)C(C)(C)Sc1cccc(O)c1F. The standard InChI is InChI=1S/C12H15FO3S/c1-4-16-11(15)12(2,3)17-9-7-5-6-8(14)10(9)13/h5-7,14H,4H2,1-3H3. The first kappa shape index (κ1) is 13.8. The van der Waals surface area contributed by atoms with E-state index in [1.54, 1.807) is 20.8 Å². The molecule has 0 saturated heterocycles. The molecule has 3 nitrogen and oxygen atoms in total. The summed E-state index contributed by atoms with van der Waals surface area (Å²) in [5.74, 6) is -1.54. The summed E-state index contributed by atoms with van der Waals surface area (Å²) in [6.07, 6.45) is 0. The maximum Gasteiger partial charge on any atom is 0.321 e. The van der Waals surface area contributed by atoms with Crippen molar-refractivity contribution in [1.82, 2.24) is 0 Å². The molecule has 1 aromatic rings. The molecule has 5 heteroatoms. The van der Waals surface area contributed by atoms with Crippen LogP contribution >= 0.6 is 11.8 Å². The zero-order valence-electron chi connectivity index (χ0n) is 9.99. The van der Waals surface area contributed by atoms with Gasteiger partial charge in [0.05, 0.1) is 6.61 Å². The summed E-state index contributed by atoms with van der Waals surface area (Å²) in [5, 5.41) is 9.23. The first-order chi connectivity index (χ1) is 7.88. The molecule has 0 aromatic heterocycles. The number of ether oxygens (including phenoxy) is 1. The smallest absolute Gasteiger partial charge is 0.321 e. The minimum absolute atomic E-state index is 0.225. The highest BCUT2D eigenvalue weighted by Crippen LogP contribution is 2.37. The van der Waals surface area contributed by atoms with E-state index in [1.807, 2.05) is 0 Å². The van der Waals surface area contributed by atoms with Gasteiger partial charge in [0.2, 0.25) is 0 Å². The number of hydrogen-bond acceptors (Lipinski definition) is 4. The van der Waals surface area contributed by atoms with Crippen molar-refractivity contribution < 1.29 is 19.0 Å². The third-order valence-electron chi connectivity index (χ3n) is 2.08. The molecule has 0 atom stereocenters. The number of phenols is 1. The van der Waals surface area contributed by atoms with Crippen LogP contribution in [0.1, 0.15) is 20.8 Å². The number of thioether (sulfide) groups is 1. The van der Waals surface area contributed by atoms with Gasteiger partial charge in [0, 0.05) is 4.90 Å². The van der Waals surface area contributed by atoms with E-state index in [9.17, 15) is 14.3 Å². The van der Waals surface area contributed by atoms with Gasteiger partial charge in [-0.15, -0.1) is 11.8 Å². The van der Waals surface area contributed by atoms with Gasteiger partial charge in [-0.2, -0.15) is 0 Å². The van der Waals surface area contributed by atoms with Crippen LogP contribution in [0.15, 0.2) is 23.1 Å². The van der Waals surface area contributed by atoms with Crippen LogP contribution in [0.4, 0.5) is 4.39 Å². The lowest BCUT2D eigenvalue weighted by atomic mass is 10.2. The largest absolute Gasteiger partial charge is 0.505 e. The van der Waals surface area contributed by atoms with E-state index in [4.69, 9.17) is 4.74 Å². The van der Waals surface area contributed by atoms with Crippen molar-refractivity contribution in [1.29, 1.82) is 0 Å². The number of hydrogen-bond donors (Lipinski definition) is 1. The lowest BCUT2D eigenvalue weighted by molar-refractivity contribution is -0.145. The van der Waals surface area contributed by atoms with E-state index in [-0.39, 0.29) is 11.5 Å². The molecule has 0 radical (unpaired) electrons. The number of carbonyl (C=O) groups excluding carboxylic acids is 1. The van der Waals surface area contributed by atoms with Crippen LogP contribution in [0.3, 0.4) is 0 Å². The van der Waals surface area contributed by atoms with E-state index in [1.165, 1.54) is 18.2 Å². The average molecular weight is 258 g/mol. The molecular weight excluding hydrogens is 243 g/mol. The summed E-state index contributed by atoms with van der Waals surface area (Å²) in [5.41, 5.74) is 0. The van der Waals surface area contributed by atoms with Crippen LogP contribution in [0.2, 0.25) is 0 Å². The lowest BCUT2D eigenvalue weighted by Gasteiger charge is -2.21. The molecule has 0 heterocycles. The lowest BCUT2D eigenvalue weighted by Crippen LogP contribution is -2.30. The summed E-state index contributed by atoms with van der Waals surface area (Å²) in [7, 11) is 0. The molecule has 0 amide bonds. The fraction of sp³-hybridized carbons (Fsp3) is 0.417. The molecule has 1 aromatic carbocycles. The fourth-order valence-electron chi connectivity index (χ4n) is 1.20. The number of halogens is 1. The molecule has 0 unspecified atom stereocenters. The summed E-state index contributed by atoms with van der Waals surface area (Å²) in [6, 6.07) is 4.30. The molecule has 0 saturated carbocycles. The number of aromatic hydroxyl groups is 1. The zero-order valence-corrected chi connectivity index (χ0v) is 10.8. The second-order valence-corrected chi connectivity index (χ2v) is 5.59. The summed E-state index contributed by atoms with van der Waals surface area (Å²) in [6.45, 7) is 5.30. The van der Waals surface area contributed by atoms with Crippen molar-refractivity contribution in [3.8, 4) is 5.75 Å². The highest BCUT2D eigenvalue weighted by atomic mass is 32.2. The number of esters is 1. The van der Waals surface area contributed by atoms with Gasteiger partial charge in [-0.3, -0.25) is 4.79 Å². The zero-order chi connectivity index (χ0) is 13.1. The predicted octanol–water partition coefficient (Wildman–Crippen LogP) is 2.97. The first-order valence-electron chi connectivity index (χ1n) is 5.22. The summed E-state index contributed by atoms with van der Waals surface area (Å²) >= 11 is 1.03. The molecule has 94 valence electrons. The van der Waals surface area contributed by atoms with Gasteiger partial charge in [-0.1, -0.05) is 6.07 Å². The molecule has 0 spiro atoms. The van der Waals surface area contributed by atoms with Crippen LogP contribution in [-0.4, -0.2) is 22.4 Å². The topological polar surface area (TPSA) is 46.5 Å². The van der Waals surface area contributed by atoms with Gasteiger partial charge >= 0.3 is 5.97 Å². The molecule has 0 aliphatic rings. The molecule has 17 heavy (non-hydrogen) atoms. The van der Waals surface area contributed by atoms with Crippen molar-refractivity contribution in [2.75, 3.05) is 6.61 Å². The highest BCUT2D eigenvalue weighted by Gasteiger charge is 2.31. The Labute approximate surface area is 104 Å². The number of phenolic OH excluding ortho intramolecular Hbond substituents is 1. The molecule has 0 aliphatic carbocycles. The second kappa shape index (κ2) is 5.40. The van der Waals surface area contributed by atoms with Gasteiger partial charge < -0.3 is 9.84 Å². The van der Waals surface area contributed by atoms with Crippen molar-refractivity contribution in [2.24, 2.45) is 0 Å². The maximum atomic E-state index is 13.6. The average Bonchev–Trinajstić information content (AvgIpc) is 2.25. The minimum Gasteiger partial charge on any atom is -0.505 e. The number of carbonyl (C=O) groups is 1. The van der Waals surface area contributed by atoms with Gasteiger partial charge in [0.15, 0.2) is 11.6 Å². The Bertz CT molecular complexity index is 418. The van der Waals surface area contributed by atoms with Gasteiger partial charge in [0.25, 0.3) is 0 Å². The Kier molecular flexibility index (Phi) is 4.40. The Hall–Kier alpha value is -1.23. The summed E-state index contributed by atoms with van der Waals surface area (Å²) < 4.78 is 17.6. The fourth-order valence-corrected chi connectivity index (χ4v) is 2.23. The van der Waals surface area contributed by atoms with E-state index < -0.39 is 22.3 Å². The molecular formula is C12H15FO3S. The van der Waals surface area contributed by atoms with E-state index in [0.29, 0.717) is 0 Å². The highest BCUT2D eigenvalue weighted by molar-refractivity contribution is 8.01. The van der Waals surface area contributed by atoms with Crippen molar-refractivity contribution in [3.05, 3.63) is 24.0 Å². The molecule has 1 rings (SSSR count). The minimum atomic E-state index is -0.898. The third-order valence-corrected chi connectivity index (χ3v) is 3.29. The predicted molar refractivity (Wildman–Crippen MR) is 64.6 cm³/mol. The molecule has 0 fully saturated rings. The van der Waals surface area contributed by atoms with Crippen LogP contribution in [0.25, 0.3) is 0 Å². The number of rotatable bonds is 4. The molecule has 0 aliphatic heterocycles. The Morgan fingerprint density at radius 2 is 2.18 bits per heavy atom. The summed E-state index contributed by atoms with van der Waals surface area (Å²) in [4.78, 5) is 11.9. The van der Waals surface area contributed by atoms with Gasteiger partial charge in [0.1, 0.15) is 4.75 Å². The van der Waals surface area contributed by atoms with E-state index in [2.05, 4.69) is 0 Å². The Morgan fingerprint density at radius 1 is 1.53 bits per heavy atom. The third kappa shape index (κ3) is 3.36. The quantitative estimate of drug-likeness (QED) is 0.666. The number of benzene rings is 1. The normalized spacial score (nSPS) is 11.3. The molecule has 0 bridgehead atoms. The monoisotopic (exact) mass is 258 g/mol. The second-order valence-electron chi connectivity index (χ2n) is 3.92. The van der Waals surface area contributed by atoms with Crippen molar-refractivity contribution in [3.63, 3.8) is 0 Å². The first-order valence-corrected chi connectivity index (χ1v) is 6.04. The van der Waals surface area contributed by atoms with Gasteiger partial charge in [-0.05, 0) is 32.9 Å². The van der Waals surface area contributed by atoms with Crippen LogP contribution in [0, 0.1) is 5.82 Å². The van der Waals surface area contributed by atoms with Crippen LogP contribution in [-0.2, 0) is 9.53 Å².